The van der Waals surface area contributed by atoms with E-state index in [4.69, 9.17) is 14.9 Å². The first-order valence-electron chi connectivity index (χ1n) is 6.82. The number of methoxy groups -OCH3 is 1. The van der Waals surface area contributed by atoms with E-state index >= 15 is 0 Å². The second kappa shape index (κ2) is 5.47. The van der Waals surface area contributed by atoms with Crippen LogP contribution in [-0.4, -0.2) is 24.1 Å². The third-order valence-corrected chi connectivity index (χ3v) is 3.46. The number of hydrogen-bond donors (Lipinski definition) is 1. The molecule has 6 nitrogen and oxygen atoms in total. The molecule has 0 aliphatic heterocycles. The number of rotatable bonds is 5. The lowest BCUT2D eigenvalue weighted by atomic mass is 10.2. The van der Waals surface area contributed by atoms with E-state index in [2.05, 4.69) is 9.88 Å². The fraction of sp³-hybridized carbons (Fsp3) is 0.333. The minimum Gasteiger partial charge on any atom is -0.467 e. The summed E-state index contributed by atoms with van der Waals surface area (Å²) in [6.45, 7) is 0.568. The Morgan fingerprint density at radius 1 is 1.57 bits per heavy atom. The largest absolute Gasteiger partial charge is 0.467 e. The minimum atomic E-state index is -0.435. The van der Waals surface area contributed by atoms with Crippen LogP contribution in [0.3, 0.4) is 0 Å². The minimum absolute atomic E-state index is 0.370. The molecule has 2 aromatic rings. The number of nitrogens with two attached hydrogens (primary N) is 1. The van der Waals surface area contributed by atoms with Crippen molar-refractivity contribution in [1.29, 1.82) is 0 Å². The molecule has 0 atom stereocenters. The third-order valence-electron chi connectivity index (χ3n) is 3.46. The summed E-state index contributed by atoms with van der Waals surface area (Å²) in [5, 5.41) is 0. The van der Waals surface area contributed by atoms with Crippen LogP contribution < -0.4 is 10.6 Å². The fourth-order valence-electron chi connectivity index (χ4n) is 2.30. The Bertz CT molecular complexity index is 636. The molecule has 0 saturated heterocycles. The topological polar surface area (TPSA) is 81.6 Å². The predicted octanol–water partition coefficient (Wildman–Crippen LogP) is 2.21. The summed E-state index contributed by atoms with van der Waals surface area (Å²) in [4.78, 5) is 18.4. The molecule has 3 rings (SSSR count). The number of nitrogens with zero attached hydrogens (tertiary/aromatic N) is 2. The number of hydrogen-bond acceptors (Lipinski definition) is 6. The van der Waals surface area contributed by atoms with Gasteiger partial charge in [-0.05, 0) is 31.0 Å². The van der Waals surface area contributed by atoms with Gasteiger partial charge in [-0.1, -0.05) is 0 Å². The molecule has 0 spiro atoms. The van der Waals surface area contributed by atoms with Crippen LogP contribution in [0.4, 0.5) is 11.5 Å². The molecule has 6 heteroatoms. The number of carbonyl (C=O) groups excluding carboxylic acids is 1. The van der Waals surface area contributed by atoms with Crippen LogP contribution in [0.25, 0.3) is 0 Å². The summed E-state index contributed by atoms with van der Waals surface area (Å²) in [5.74, 6) is 0.987. The molecule has 110 valence electrons. The maximum absolute atomic E-state index is 12.0. The van der Waals surface area contributed by atoms with Crippen LogP contribution in [0.5, 0.6) is 0 Å². The molecular formula is C15H17N3O3. The molecule has 1 aliphatic carbocycles. The van der Waals surface area contributed by atoms with Crippen molar-refractivity contribution in [2.45, 2.75) is 25.4 Å². The molecule has 1 fully saturated rings. The first-order chi connectivity index (χ1) is 10.2. The number of pyridine rings is 1. The van der Waals surface area contributed by atoms with Gasteiger partial charge in [0.15, 0.2) is 0 Å². The number of anilines is 2. The Labute approximate surface area is 122 Å². The number of esters is 1. The molecule has 2 heterocycles. The SMILES string of the molecule is COC(=O)c1cc(N)cnc1N(Cc1ccco1)C1CC1. The molecule has 0 unspecified atom stereocenters. The van der Waals surface area contributed by atoms with Gasteiger partial charge >= 0.3 is 5.97 Å². The van der Waals surface area contributed by atoms with E-state index in [9.17, 15) is 4.79 Å². The molecule has 0 bridgehead atoms. The Morgan fingerprint density at radius 3 is 3.00 bits per heavy atom. The summed E-state index contributed by atoms with van der Waals surface area (Å²) >= 11 is 0. The smallest absolute Gasteiger partial charge is 0.341 e. The number of aromatic nitrogens is 1. The van der Waals surface area contributed by atoms with Crippen molar-refractivity contribution in [1.82, 2.24) is 4.98 Å². The van der Waals surface area contributed by atoms with Gasteiger partial charge in [-0.15, -0.1) is 0 Å². The highest BCUT2D eigenvalue weighted by atomic mass is 16.5. The predicted molar refractivity (Wildman–Crippen MR) is 77.9 cm³/mol. The Hall–Kier alpha value is -2.50. The lowest BCUT2D eigenvalue weighted by Gasteiger charge is -2.24. The molecule has 0 aromatic carbocycles. The number of ether oxygens (including phenoxy) is 1. The van der Waals surface area contributed by atoms with Crippen LogP contribution >= 0.6 is 0 Å². The van der Waals surface area contributed by atoms with Crippen LogP contribution in [0.15, 0.2) is 35.1 Å². The first kappa shape index (κ1) is 13.5. The summed E-state index contributed by atoms with van der Waals surface area (Å²) in [6.07, 6.45) is 5.35. The number of carbonyl (C=O) groups is 1. The molecule has 0 radical (unpaired) electrons. The Balaban J connectivity index is 1.97. The average molecular weight is 287 g/mol. The zero-order valence-electron chi connectivity index (χ0n) is 11.8. The van der Waals surface area contributed by atoms with Crippen molar-refractivity contribution in [3.63, 3.8) is 0 Å². The summed E-state index contributed by atoms with van der Waals surface area (Å²) in [7, 11) is 1.35. The highest BCUT2D eigenvalue weighted by Gasteiger charge is 2.33. The van der Waals surface area contributed by atoms with Gasteiger partial charge in [0.05, 0.1) is 31.8 Å². The fourth-order valence-corrected chi connectivity index (χ4v) is 2.30. The van der Waals surface area contributed by atoms with E-state index in [1.165, 1.54) is 7.11 Å². The molecule has 2 N–H and O–H groups in total. The maximum Gasteiger partial charge on any atom is 0.341 e. The number of furan rings is 1. The molecule has 1 saturated carbocycles. The van der Waals surface area contributed by atoms with Gasteiger partial charge in [-0.2, -0.15) is 0 Å². The van der Waals surface area contributed by atoms with Gasteiger partial charge in [0.1, 0.15) is 17.1 Å². The zero-order chi connectivity index (χ0) is 14.8. The molecule has 1 aliphatic rings. The summed E-state index contributed by atoms with van der Waals surface area (Å²) in [5.41, 5.74) is 6.56. The third kappa shape index (κ3) is 2.84. The van der Waals surface area contributed by atoms with Gasteiger partial charge < -0.3 is 19.8 Å². The standard InChI is InChI=1S/C15H17N3O3/c1-20-15(19)13-7-10(16)8-17-14(13)18(11-4-5-11)9-12-3-2-6-21-12/h2-3,6-8,11H,4-5,9,16H2,1H3. The maximum atomic E-state index is 12.0. The number of nitrogen functional groups attached to an aromatic ring is 1. The van der Waals surface area contributed by atoms with E-state index in [-0.39, 0.29) is 0 Å². The van der Waals surface area contributed by atoms with Crippen LogP contribution in [0.1, 0.15) is 29.0 Å². The summed E-state index contributed by atoms with van der Waals surface area (Å²) < 4.78 is 10.2. The summed E-state index contributed by atoms with van der Waals surface area (Å²) in [6, 6.07) is 5.73. The lowest BCUT2D eigenvalue weighted by Crippen LogP contribution is -2.28. The van der Waals surface area contributed by atoms with Crippen molar-refractivity contribution in [3.05, 3.63) is 42.0 Å². The van der Waals surface area contributed by atoms with E-state index in [0.29, 0.717) is 29.7 Å². The van der Waals surface area contributed by atoms with Crippen LogP contribution in [0.2, 0.25) is 0 Å². The highest BCUT2D eigenvalue weighted by molar-refractivity contribution is 5.95. The van der Waals surface area contributed by atoms with E-state index in [0.717, 1.165) is 18.6 Å². The quantitative estimate of drug-likeness (QED) is 0.849. The van der Waals surface area contributed by atoms with Gasteiger partial charge in [0.2, 0.25) is 0 Å². The first-order valence-corrected chi connectivity index (χ1v) is 6.82. The Morgan fingerprint density at radius 2 is 2.38 bits per heavy atom. The van der Waals surface area contributed by atoms with Gasteiger partial charge in [0.25, 0.3) is 0 Å². The van der Waals surface area contributed by atoms with Gasteiger partial charge in [0, 0.05) is 6.04 Å². The van der Waals surface area contributed by atoms with Crippen LogP contribution in [-0.2, 0) is 11.3 Å². The van der Waals surface area contributed by atoms with Crippen molar-refractivity contribution in [2.24, 2.45) is 0 Å². The van der Waals surface area contributed by atoms with Gasteiger partial charge in [-0.3, -0.25) is 0 Å². The van der Waals surface area contributed by atoms with Crippen molar-refractivity contribution < 1.29 is 13.9 Å². The van der Waals surface area contributed by atoms with E-state index < -0.39 is 5.97 Å². The molecular weight excluding hydrogens is 270 g/mol. The Kier molecular flexibility index (Phi) is 3.51. The van der Waals surface area contributed by atoms with E-state index in [1.807, 2.05) is 12.1 Å². The van der Waals surface area contributed by atoms with Gasteiger partial charge in [-0.25, -0.2) is 9.78 Å². The molecule has 21 heavy (non-hydrogen) atoms. The van der Waals surface area contributed by atoms with Crippen molar-refractivity contribution in [2.75, 3.05) is 17.7 Å². The van der Waals surface area contributed by atoms with Crippen molar-refractivity contribution in [3.8, 4) is 0 Å². The zero-order valence-corrected chi connectivity index (χ0v) is 11.8. The van der Waals surface area contributed by atoms with Crippen molar-refractivity contribution >= 4 is 17.5 Å². The molecule has 2 aromatic heterocycles. The monoisotopic (exact) mass is 287 g/mol. The second-order valence-electron chi connectivity index (χ2n) is 5.07. The van der Waals surface area contributed by atoms with Crippen LogP contribution in [0, 0.1) is 0 Å². The average Bonchev–Trinajstić information content (AvgIpc) is 3.21. The van der Waals surface area contributed by atoms with E-state index in [1.54, 1.807) is 18.5 Å². The highest BCUT2D eigenvalue weighted by Crippen LogP contribution is 2.34. The second-order valence-corrected chi connectivity index (χ2v) is 5.07. The lowest BCUT2D eigenvalue weighted by molar-refractivity contribution is 0.0601. The molecule has 0 amide bonds. The normalized spacial score (nSPS) is 14.0.